The number of nitrogen functional groups attached to an aromatic ring is 1. The molecular weight excluding hydrogens is 277 g/mol. The van der Waals surface area contributed by atoms with Gasteiger partial charge in [-0.2, -0.15) is 5.26 Å². The van der Waals surface area contributed by atoms with Crippen LogP contribution in [0.1, 0.15) is 5.56 Å². The largest absolute Gasteiger partial charge is 0.573 e. The lowest BCUT2D eigenvalue weighted by molar-refractivity contribution is -0.274. The third-order valence-corrected chi connectivity index (χ3v) is 2.59. The number of nitrogens with two attached hydrogens (primary N) is 2. The summed E-state index contributed by atoms with van der Waals surface area (Å²) in [7, 11) is -4.43. The fourth-order valence-electron chi connectivity index (χ4n) is 1.03. The number of halogens is 3. The molecule has 1 rings (SSSR count). The smallest absolute Gasteiger partial charge is 0.400 e. The molecule has 1 aromatic heterocycles. The zero-order chi connectivity index (χ0) is 14.1. The molecule has 0 amide bonds. The Morgan fingerprint density at radius 3 is 2.39 bits per heavy atom. The van der Waals surface area contributed by atoms with Crippen LogP contribution >= 0.6 is 0 Å². The number of aromatic nitrogens is 1. The first-order valence-electron chi connectivity index (χ1n) is 4.03. The Hall–Kier alpha value is -2.06. The second-order valence-electron chi connectivity index (χ2n) is 2.92. The molecule has 0 aliphatic heterocycles. The molecule has 18 heavy (non-hydrogen) atoms. The molecule has 98 valence electrons. The summed E-state index contributed by atoms with van der Waals surface area (Å²) < 4.78 is 61.8. The number of nitriles is 1. The van der Waals surface area contributed by atoms with E-state index in [1.54, 1.807) is 0 Å². The van der Waals surface area contributed by atoms with Gasteiger partial charge in [0.25, 0.3) is 0 Å². The number of ether oxygens (including phenoxy) is 1. The second kappa shape index (κ2) is 4.31. The van der Waals surface area contributed by atoms with Gasteiger partial charge in [-0.05, 0) is 0 Å². The Morgan fingerprint density at radius 1 is 1.44 bits per heavy atom. The Morgan fingerprint density at radius 2 is 2.00 bits per heavy atom. The summed E-state index contributed by atoms with van der Waals surface area (Å²) in [6, 6.07) is 1.23. The number of sulfonamides is 1. The van der Waals surface area contributed by atoms with E-state index in [0.717, 1.165) is 0 Å². The Kier molecular flexibility index (Phi) is 3.36. The lowest BCUT2D eigenvalue weighted by Crippen LogP contribution is -2.21. The molecule has 0 saturated heterocycles. The first kappa shape index (κ1) is 14.0. The molecule has 0 aliphatic carbocycles. The van der Waals surface area contributed by atoms with Crippen LogP contribution in [0.15, 0.2) is 11.1 Å². The minimum Gasteiger partial charge on any atom is -0.400 e. The van der Waals surface area contributed by atoms with E-state index in [2.05, 4.69) is 9.72 Å². The molecular formula is C7H5F3N4O3S. The van der Waals surface area contributed by atoms with Gasteiger partial charge in [0, 0.05) is 0 Å². The molecule has 7 nitrogen and oxygen atoms in total. The van der Waals surface area contributed by atoms with E-state index in [-0.39, 0.29) is 0 Å². The van der Waals surface area contributed by atoms with Crippen LogP contribution < -0.4 is 15.6 Å². The van der Waals surface area contributed by atoms with Gasteiger partial charge in [0.15, 0.2) is 11.6 Å². The number of rotatable bonds is 2. The standard InChI is InChI=1S/C7H5F3N4O3S/c8-7(9,10)17-5-3(1-11)4(18(13,15)16)2-14-6(5)12/h2H,(H2,12,14)(H2,13,15,16). The topological polar surface area (TPSA) is 132 Å². The summed E-state index contributed by atoms with van der Waals surface area (Å²) >= 11 is 0. The molecule has 11 heteroatoms. The van der Waals surface area contributed by atoms with Crippen LogP contribution in [0.3, 0.4) is 0 Å². The molecule has 0 atom stereocenters. The number of alkyl halides is 3. The quantitative estimate of drug-likeness (QED) is 0.789. The number of anilines is 1. The number of hydrogen-bond donors (Lipinski definition) is 2. The van der Waals surface area contributed by atoms with E-state index >= 15 is 0 Å². The number of pyridine rings is 1. The zero-order valence-electron chi connectivity index (χ0n) is 8.39. The summed E-state index contributed by atoms with van der Waals surface area (Å²) in [6.45, 7) is 0. The highest BCUT2D eigenvalue weighted by atomic mass is 32.2. The van der Waals surface area contributed by atoms with Crippen molar-refractivity contribution in [3.63, 3.8) is 0 Å². The summed E-state index contributed by atoms with van der Waals surface area (Å²) in [5.74, 6) is -1.98. The fraction of sp³-hybridized carbons (Fsp3) is 0.143. The van der Waals surface area contributed by atoms with Crippen LogP contribution in [0, 0.1) is 11.3 Å². The summed E-state index contributed by atoms with van der Waals surface area (Å²) in [6.07, 6.45) is -4.58. The van der Waals surface area contributed by atoms with Gasteiger partial charge in [-0.25, -0.2) is 18.5 Å². The maximum Gasteiger partial charge on any atom is 0.573 e. The predicted molar refractivity (Wildman–Crippen MR) is 51.4 cm³/mol. The van der Waals surface area contributed by atoms with Crippen molar-refractivity contribution in [3.05, 3.63) is 11.8 Å². The van der Waals surface area contributed by atoms with Crippen molar-refractivity contribution in [2.75, 3.05) is 5.73 Å². The minimum atomic E-state index is -5.15. The highest BCUT2D eigenvalue weighted by molar-refractivity contribution is 7.89. The van der Waals surface area contributed by atoms with E-state index in [9.17, 15) is 21.6 Å². The monoisotopic (exact) mass is 282 g/mol. The van der Waals surface area contributed by atoms with Gasteiger partial charge >= 0.3 is 6.36 Å². The van der Waals surface area contributed by atoms with Crippen LogP contribution in [-0.4, -0.2) is 19.8 Å². The summed E-state index contributed by atoms with van der Waals surface area (Å²) in [5, 5.41) is 13.4. The third kappa shape index (κ3) is 2.99. The van der Waals surface area contributed by atoms with Crippen molar-refractivity contribution in [2.45, 2.75) is 11.3 Å². The molecule has 0 bridgehead atoms. The summed E-state index contributed by atoms with van der Waals surface area (Å²) in [5.41, 5.74) is 4.14. The lowest BCUT2D eigenvalue weighted by Gasteiger charge is -2.13. The van der Waals surface area contributed by atoms with Gasteiger partial charge in [0.05, 0.1) is 6.20 Å². The maximum absolute atomic E-state index is 12.1. The minimum absolute atomic E-state index is 0.576. The molecule has 0 radical (unpaired) electrons. The van der Waals surface area contributed by atoms with Crippen molar-refractivity contribution in [2.24, 2.45) is 5.14 Å². The number of primary sulfonamides is 1. The van der Waals surface area contributed by atoms with Gasteiger partial charge < -0.3 is 10.5 Å². The summed E-state index contributed by atoms with van der Waals surface area (Å²) in [4.78, 5) is 2.28. The van der Waals surface area contributed by atoms with E-state index in [0.29, 0.717) is 6.20 Å². The maximum atomic E-state index is 12.1. The average Bonchev–Trinajstić information content (AvgIpc) is 2.17. The number of hydrogen-bond acceptors (Lipinski definition) is 6. The van der Waals surface area contributed by atoms with Gasteiger partial charge in [0.1, 0.15) is 16.5 Å². The van der Waals surface area contributed by atoms with Crippen molar-refractivity contribution in [1.29, 1.82) is 5.26 Å². The molecule has 0 spiro atoms. The van der Waals surface area contributed by atoms with Gasteiger partial charge in [-0.1, -0.05) is 0 Å². The van der Waals surface area contributed by atoms with Gasteiger partial charge in [0.2, 0.25) is 10.0 Å². The van der Waals surface area contributed by atoms with Gasteiger partial charge in [-0.15, -0.1) is 13.2 Å². The van der Waals surface area contributed by atoms with Crippen molar-refractivity contribution >= 4 is 15.8 Å². The molecule has 0 unspecified atom stereocenters. The van der Waals surface area contributed by atoms with Crippen molar-refractivity contribution < 1.29 is 26.3 Å². The average molecular weight is 282 g/mol. The zero-order valence-corrected chi connectivity index (χ0v) is 9.21. The van der Waals surface area contributed by atoms with E-state index < -0.39 is 38.4 Å². The van der Waals surface area contributed by atoms with Gasteiger partial charge in [-0.3, -0.25) is 0 Å². The highest BCUT2D eigenvalue weighted by Gasteiger charge is 2.35. The molecule has 0 saturated carbocycles. The second-order valence-corrected chi connectivity index (χ2v) is 4.45. The van der Waals surface area contributed by atoms with Crippen LogP contribution in [0.4, 0.5) is 19.0 Å². The molecule has 1 aromatic rings. The Bertz CT molecular complexity index is 620. The van der Waals surface area contributed by atoms with E-state index in [1.807, 2.05) is 0 Å². The first-order valence-corrected chi connectivity index (χ1v) is 5.58. The van der Waals surface area contributed by atoms with Crippen LogP contribution in [0.25, 0.3) is 0 Å². The SMILES string of the molecule is N#Cc1c(S(N)(=O)=O)cnc(N)c1OC(F)(F)F. The van der Waals surface area contributed by atoms with Crippen LogP contribution in [-0.2, 0) is 10.0 Å². The van der Waals surface area contributed by atoms with Crippen molar-refractivity contribution in [3.8, 4) is 11.8 Å². The van der Waals surface area contributed by atoms with Crippen LogP contribution in [0.5, 0.6) is 5.75 Å². The molecule has 0 aliphatic rings. The molecule has 1 heterocycles. The normalized spacial score (nSPS) is 11.9. The number of nitrogens with zero attached hydrogens (tertiary/aromatic N) is 2. The van der Waals surface area contributed by atoms with Crippen molar-refractivity contribution in [1.82, 2.24) is 4.98 Å². The highest BCUT2D eigenvalue weighted by Crippen LogP contribution is 2.33. The Balaban J connectivity index is 3.57. The fourth-order valence-corrected chi connectivity index (χ4v) is 1.65. The predicted octanol–water partition coefficient (Wildman–Crippen LogP) is 0.0815. The molecule has 0 aromatic carbocycles. The molecule has 4 N–H and O–H groups in total. The molecule has 0 fully saturated rings. The Labute approximate surface area is 98.8 Å². The lowest BCUT2D eigenvalue weighted by atomic mass is 10.2. The first-order chi connectivity index (χ1) is 8.06. The van der Waals surface area contributed by atoms with E-state index in [4.69, 9.17) is 16.1 Å². The third-order valence-electron chi connectivity index (χ3n) is 1.66. The van der Waals surface area contributed by atoms with Crippen LogP contribution in [0.2, 0.25) is 0 Å². The van der Waals surface area contributed by atoms with E-state index in [1.165, 1.54) is 6.07 Å².